The van der Waals surface area contributed by atoms with Crippen LogP contribution in [-0.4, -0.2) is 22.6 Å². The summed E-state index contributed by atoms with van der Waals surface area (Å²) in [7, 11) is 2.81. The van der Waals surface area contributed by atoms with Crippen molar-refractivity contribution in [2.75, 3.05) is 7.05 Å². The van der Waals surface area contributed by atoms with Crippen molar-refractivity contribution in [1.82, 2.24) is 4.90 Å². The molecular weight excluding hydrogens is 349 g/mol. The number of hydrogen-bond donors (Lipinski definition) is 1. The maximum atomic E-state index is 10.5. The number of phenolic OH excluding ortho intramolecular Hbond substituents is 1. The van der Waals surface area contributed by atoms with E-state index in [1.165, 1.54) is 22.0 Å². The van der Waals surface area contributed by atoms with Crippen molar-refractivity contribution in [2.24, 2.45) is 0 Å². The first kappa shape index (κ1) is 21.9. The number of rotatable bonds is 6. The molecule has 148 valence electrons. The molecule has 2 aromatic rings. The Balaban J connectivity index is 2.44. The average molecular weight is 386 g/mol. The van der Waals surface area contributed by atoms with Crippen molar-refractivity contribution in [3.05, 3.63) is 58.7 Å². The molecule has 2 rings (SSSR count). The van der Waals surface area contributed by atoms with Crippen LogP contribution in [0, 0.1) is 13.8 Å². The molecule has 0 amide bonds. The van der Waals surface area contributed by atoms with Gasteiger partial charge >= 0.3 is 0 Å². The molecule has 0 radical (unpaired) electrons. The molecule has 0 aliphatic heterocycles. The zero-order valence-corrected chi connectivity index (χ0v) is 19.3. The fraction of sp³-hybridized carbons (Fsp3) is 0.500. The molecule has 0 aliphatic rings. The summed E-state index contributed by atoms with van der Waals surface area (Å²) in [4.78, 5) is 2.41. The third-order valence-corrected chi connectivity index (χ3v) is 7.61. The van der Waals surface area contributed by atoms with Crippen LogP contribution in [0.4, 0.5) is 0 Å². The van der Waals surface area contributed by atoms with Gasteiger partial charge in [0.1, 0.15) is 5.75 Å². The van der Waals surface area contributed by atoms with Gasteiger partial charge in [0, 0.05) is 22.8 Å². The molecule has 3 heteroatoms. The molecular formula is C24H36NOP. The lowest BCUT2D eigenvalue weighted by Crippen LogP contribution is -2.38. The Labute approximate surface area is 167 Å². The van der Waals surface area contributed by atoms with E-state index in [0.717, 1.165) is 18.5 Å². The second-order valence-electron chi connectivity index (χ2n) is 9.02. The van der Waals surface area contributed by atoms with Gasteiger partial charge in [-0.15, -0.1) is 0 Å². The number of benzene rings is 2. The average Bonchev–Trinajstić information content (AvgIpc) is 2.58. The molecule has 2 aromatic carbocycles. The fourth-order valence-electron chi connectivity index (χ4n) is 3.20. The van der Waals surface area contributed by atoms with Gasteiger partial charge in [0.05, 0.1) is 0 Å². The summed E-state index contributed by atoms with van der Waals surface area (Å²) in [6.07, 6.45) is 0.991. The molecule has 0 heterocycles. The molecule has 0 aliphatic carbocycles. The van der Waals surface area contributed by atoms with Crippen LogP contribution in [0.2, 0.25) is 0 Å². The summed E-state index contributed by atoms with van der Waals surface area (Å²) >= 11 is 0. The minimum atomic E-state index is -0.0690. The van der Waals surface area contributed by atoms with E-state index in [2.05, 4.69) is 84.7 Å². The molecule has 0 saturated heterocycles. The van der Waals surface area contributed by atoms with Crippen LogP contribution in [0.5, 0.6) is 5.75 Å². The van der Waals surface area contributed by atoms with Gasteiger partial charge in [-0.25, -0.2) is 0 Å². The van der Waals surface area contributed by atoms with E-state index in [1.54, 1.807) is 0 Å². The molecule has 2 unspecified atom stereocenters. The monoisotopic (exact) mass is 385 g/mol. The van der Waals surface area contributed by atoms with Gasteiger partial charge in [0.2, 0.25) is 0 Å². The van der Waals surface area contributed by atoms with Crippen molar-refractivity contribution >= 4 is 13.9 Å². The highest BCUT2D eigenvalue weighted by Gasteiger charge is 2.29. The van der Waals surface area contributed by atoms with Crippen LogP contribution in [0.3, 0.4) is 0 Å². The van der Waals surface area contributed by atoms with Gasteiger partial charge in [0.25, 0.3) is 0 Å². The molecule has 0 fully saturated rings. The van der Waals surface area contributed by atoms with E-state index in [4.69, 9.17) is 0 Å². The summed E-state index contributed by atoms with van der Waals surface area (Å²) in [6.45, 7) is 16.5. The van der Waals surface area contributed by atoms with Gasteiger partial charge in [-0.1, -0.05) is 63.9 Å². The van der Waals surface area contributed by atoms with E-state index in [1.807, 2.05) is 12.1 Å². The first-order valence-electron chi connectivity index (χ1n) is 9.85. The topological polar surface area (TPSA) is 23.5 Å². The van der Waals surface area contributed by atoms with Crippen LogP contribution in [0.1, 0.15) is 63.3 Å². The van der Waals surface area contributed by atoms with Crippen molar-refractivity contribution in [3.63, 3.8) is 0 Å². The Morgan fingerprint density at radius 3 is 2.15 bits per heavy atom. The minimum Gasteiger partial charge on any atom is -0.508 e. The second-order valence-corrected chi connectivity index (χ2v) is 10.9. The fourth-order valence-corrected chi connectivity index (χ4v) is 4.79. The lowest BCUT2D eigenvalue weighted by molar-refractivity contribution is 0.168. The van der Waals surface area contributed by atoms with Crippen LogP contribution in [0.15, 0.2) is 36.4 Å². The highest BCUT2D eigenvalue weighted by Crippen LogP contribution is 2.47. The van der Waals surface area contributed by atoms with E-state index in [9.17, 15) is 5.11 Å². The summed E-state index contributed by atoms with van der Waals surface area (Å²) in [5.74, 6) is 0.415. The summed E-state index contributed by atoms with van der Waals surface area (Å²) in [5.41, 5.74) is 5.10. The van der Waals surface area contributed by atoms with Crippen molar-refractivity contribution < 1.29 is 5.11 Å². The Bertz CT molecular complexity index is 793. The normalized spacial score (nSPS) is 14.9. The van der Waals surface area contributed by atoms with Crippen LogP contribution < -0.4 is 5.30 Å². The molecule has 0 aromatic heterocycles. The zero-order chi connectivity index (χ0) is 20.4. The third-order valence-electron chi connectivity index (χ3n) is 5.68. The Kier molecular flexibility index (Phi) is 6.77. The van der Waals surface area contributed by atoms with Crippen molar-refractivity contribution in [2.45, 2.75) is 72.1 Å². The lowest BCUT2D eigenvalue weighted by Gasteiger charge is -2.34. The van der Waals surface area contributed by atoms with Gasteiger partial charge in [0.15, 0.2) is 0 Å². The Hall–Kier alpha value is -1.37. The lowest BCUT2D eigenvalue weighted by atomic mass is 9.95. The van der Waals surface area contributed by atoms with E-state index in [-0.39, 0.29) is 10.7 Å². The molecule has 2 nitrogen and oxygen atoms in total. The molecule has 0 saturated carbocycles. The number of aromatic hydroxyl groups is 1. The van der Waals surface area contributed by atoms with Crippen LogP contribution in [0.25, 0.3) is 0 Å². The highest BCUT2D eigenvalue weighted by atomic mass is 31.1. The predicted molar refractivity (Wildman–Crippen MR) is 121 cm³/mol. The molecule has 0 spiro atoms. The minimum absolute atomic E-state index is 0.0690. The number of phenols is 1. The molecule has 2 atom stereocenters. The standard InChI is InChI=1S/C24H36NOP/c1-9-24(7,20-15-18(3)10-12-21(20)26)27-22-13-11-17(2)14-19(22)16-25(8)23(4,5)6/h10-15,26-27H,9,16H2,1-8H3. The van der Waals surface area contributed by atoms with Crippen LogP contribution in [-0.2, 0) is 11.7 Å². The van der Waals surface area contributed by atoms with Gasteiger partial charge in [-0.2, -0.15) is 0 Å². The Morgan fingerprint density at radius 1 is 0.963 bits per heavy atom. The van der Waals surface area contributed by atoms with Gasteiger partial charge in [-0.3, -0.25) is 4.90 Å². The molecule has 27 heavy (non-hydrogen) atoms. The summed E-state index contributed by atoms with van der Waals surface area (Å²) in [5, 5.41) is 11.9. The Morgan fingerprint density at radius 2 is 1.56 bits per heavy atom. The number of aryl methyl sites for hydroxylation is 2. The quantitative estimate of drug-likeness (QED) is 0.629. The molecule has 1 N–H and O–H groups in total. The van der Waals surface area contributed by atoms with E-state index >= 15 is 0 Å². The summed E-state index contributed by atoms with van der Waals surface area (Å²) < 4.78 is 0. The van der Waals surface area contributed by atoms with E-state index < -0.39 is 0 Å². The van der Waals surface area contributed by atoms with Gasteiger partial charge in [-0.05, 0) is 65.0 Å². The largest absolute Gasteiger partial charge is 0.508 e. The van der Waals surface area contributed by atoms with E-state index in [0.29, 0.717) is 14.3 Å². The van der Waals surface area contributed by atoms with Gasteiger partial charge < -0.3 is 5.11 Å². The maximum Gasteiger partial charge on any atom is 0.119 e. The zero-order valence-electron chi connectivity index (χ0n) is 18.3. The first-order valence-corrected chi connectivity index (χ1v) is 10.9. The smallest absolute Gasteiger partial charge is 0.119 e. The SMILES string of the molecule is CCC(C)(Pc1ccc(C)cc1CN(C)C(C)(C)C)c1cc(C)ccc1O. The van der Waals surface area contributed by atoms with Crippen LogP contribution >= 0.6 is 8.58 Å². The number of nitrogens with zero attached hydrogens (tertiary/aromatic N) is 1. The van der Waals surface area contributed by atoms with Crippen molar-refractivity contribution in [1.29, 1.82) is 0 Å². The highest BCUT2D eigenvalue weighted by molar-refractivity contribution is 7.48. The second kappa shape index (κ2) is 8.33. The maximum absolute atomic E-state index is 10.5. The predicted octanol–water partition coefficient (Wildman–Crippen LogP) is 5.87. The third kappa shape index (κ3) is 5.33. The molecule has 0 bridgehead atoms. The number of hydrogen-bond acceptors (Lipinski definition) is 2. The summed E-state index contributed by atoms with van der Waals surface area (Å²) in [6, 6.07) is 12.8. The van der Waals surface area contributed by atoms with Crippen molar-refractivity contribution in [3.8, 4) is 5.75 Å². The first-order chi connectivity index (χ1) is 12.5.